The average molecular weight is 189 g/mol. The Morgan fingerprint density at radius 3 is 2.17 bits per heavy atom. The van der Waals surface area contributed by atoms with Crippen LogP contribution in [-0.4, -0.2) is 24.7 Å². The maximum absolute atomic E-state index is 12.4. The standard InChI is InChI=1S/C6H8F5N/c7-5(8)1-2-12-4(3-5)6(9,10)11/h4,12H,1-3H2. The number of hydrogen-bond donors (Lipinski definition) is 1. The van der Waals surface area contributed by atoms with E-state index in [1.807, 2.05) is 5.32 Å². The second-order valence-corrected chi connectivity index (χ2v) is 2.86. The van der Waals surface area contributed by atoms with Gasteiger partial charge < -0.3 is 5.32 Å². The number of hydrogen-bond acceptors (Lipinski definition) is 1. The van der Waals surface area contributed by atoms with Crippen molar-refractivity contribution in [3.05, 3.63) is 0 Å². The van der Waals surface area contributed by atoms with Gasteiger partial charge in [-0.25, -0.2) is 8.78 Å². The molecule has 0 aliphatic carbocycles. The van der Waals surface area contributed by atoms with Gasteiger partial charge in [0.2, 0.25) is 0 Å². The molecule has 0 aromatic carbocycles. The molecule has 0 spiro atoms. The lowest BCUT2D eigenvalue weighted by atomic mass is 10.0. The maximum atomic E-state index is 12.4. The predicted molar refractivity (Wildman–Crippen MR) is 32.0 cm³/mol. The number of rotatable bonds is 0. The molecule has 1 saturated heterocycles. The van der Waals surface area contributed by atoms with Crippen molar-refractivity contribution in [3.8, 4) is 0 Å². The summed E-state index contributed by atoms with van der Waals surface area (Å²) in [7, 11) is 0. The highest BCUT2D eigenvalue weighted by molar-refractivity contribution is 4.87. The lowest BCUT2D eigenvalue weighted by Gasteiger charge is -2.31. The third-order valence-corrected chi connectivity index (χ3v) is 1.78. The van der Waals surface area contributed by atoms with E-state index in [1.54, 1.807) is 0 Å². The Morgan fingerprint density at radius 1 is 1.25 bits per heavy atom. The number of halogens is 5. The van der Waals surface area contributed by atoms with Gasteiger partial charge in [-0.2, -0.15) is 13.2 Å². The normalized spacial score (nSPS) is 30.2. The summed E-state index contributed by atoms with van der Waals surface area (Å²) < 4.78 is 60.6. The van der Waals surface area contributed by atoms with Crippen molar-refractivity contribution >= 4 is 0 Å². The number of piperidine rings is 1. The summed E-state index contributed by atoms with van der Waals surface area (Å²) in [4.78, 5) is 0. The van der Waals surface area contributed by atoms with E-state index in [4.69, 9.17) is 0 Å². The monoisotopic (exact) mass is 189 g/mol. The zero-order valence-corrected chi connectivity index (χ0v) is 6.09. The summed E-state index contributed by atoms with van der Waals surface area (Å²) in [5.74, 6) is -3.18. The molecule has 0 aromatic rings. The molecule has 1 fully saturated rings. The molecule has 1 aliphatic rings. The van der Waals surface area contributed by atoms with Gasteiger partial charge in [0.1, 0.15) is 6.04 Å². The summed E-state index contributed by atoms with van der Waals surface area (Å²) in [6.07, 6.45) is -6.22. The highest BCUT2D eigenvalue weighted by Gasteiger charge is 2.48. The van der Waals surface area contributed by atoms with E-state index >= 15 is 0 Å². The van der Waals surface area contributed by atoms with Crippen LogP contribution in [0.2, 0.25) is 0 Å². The molecule has 0 bridgehead atoms. The first kappa shape index (κ1) is 9.70. The van der Waals surface area contributed by atoms with Crippen molar-refractivity contribution in [2.45, 2.75) is 31.0 Å². The molecular formula is C6H8F5N. The Balaban J connectivity index is 2.58. The molecule has 0 aromatic heterocycles. The van der Waals surface area contributed by atoms with Crippen LogP contribution in [0, 0.1) is 0 Å². The number of alkyl halides is 5. The van der Waals surface area contributed by atoms with Gasteiger partial charge in [-0.1, -0.05) is 0 Å². The quantitative estimate of drug-likeness (QED) is 0.574. The van der Waals surface area contributed by atoms with E-state index in [1.165, 1.54) is 0 Å². The van der Waals surface area contributed by atoms with E-state index in [0.717, 1.165) is 0 Å². The van der Waals surface area contributed by atoms with Gasteiger partial charge in [-0.15, -0.1) is 0 Å². The average Bonchev–Trinajstić information content (AvgIpc) is 1.83. The molecule has 12 heavy (non-hydrogen) atoms. The third kappa shape index (κ3) is 2.30. The van der Waals surface area contributed by atoms with Crippen molar-refractivity contribution in [2.24, 2.45) is 0 Å². The van der Waals surface area contributed by atoms with Crippen LogP contribution < -0.4 is 5.32 Å². The zero-order valence-electron chi connectivity index (χ0n) is 6.09. The van der Waals surface area contributed by atoms with Gasteiger partial charge >= 0.3 is 6.18 Å². The molecule has 72 valence electrons. The summed E-state index contributed by atoms with van der Waals surface area (Å²) >= 11 is 0. The first-order valence-electron chi connectivity index (χ1n) is 3.49. The van der Waals surface area contributed by atoms with Gasteiger partial charge in [-0.3, -0.25) is 0 Å². The fourth-order valence-electron chi connectivity index (χ4n) is 1.13. The molecule has 6 heteroatoms. The van der Waals surface area contributed by atoms with E-state index in [9.17, 15) is 22.0 Å². The molecule has 1 aliphatic heterocycles. The van der Waals surface area contributed by atoms with Gasteiger partial charge in [0.15, 0.2) is 0 Å². The molecule has 0 amide bonds. The van der Waals surface area contributed by atoms with Gasteiger partial charge in [0.05, 0.1) is 0 Å². The fraction of sp³-hybridized carbons (Fsp3) is 1.00. The Bertz CT molecular complexity index is 161. The van der Waals surface area contributed by atoms with Gasteiger partial charge in [-0.05, 0) is 0 Å². The highest BCUT2D eigenvalue weighted by atomic mass is 19.4. The molecule has 0 saturated carbocycles. The Hall–Kier alpha value is -0.390. The maximum Gasteiger partial charge on any atom is 0.404 e. The SMILES string of the molecule is FC1(F)CCNC(C(F)(F)F)C1. The lowest BCUT2D eigenvalue weighted by molar-refractivity contribution is -0.183. The van der Waals surface area contributed by atoms with Crippen LogP contribution >= 0.6 is 0 Å². The minimum Gasteiger partial charge on any atom is -0.306 e. The minimum atomic E-state index is -4.57. The smallest absolute Gasteiger partial charge is 0.306 e. The molecule has 1 rings (SSSR count). The second kappa shape index (κ2) is 2.83. The zero-order chi connectivity index (χ0) is 9.41. The van der Waals surface area contributed by atoms with Crippen molar-refractivity contribution in [1.29, 1.82) is 0 Å². The summed E-state index contributed by atoms with van der Waals surface area (Å²) in [5.41, 5.74) is 0. The van der Waals surface area contributed by atoms with E-state index in [2.05, 4.69) is 0 Å². The Kier molecular flexibility index (Phi) is 2.29. The van der Waals surface area contributed by atoms with Crippen molar-refractivity contribution in [3.63, 3.8) is 0 Å². The Morgan fingerprint density at radius 2 is 1.83 bits per heavy atom. The first-order valence-corrected chi connectivity index (χ1v) is 3.49. The lowest BCUT2D eigenvalue weighted by Crippen LogP contribution is -2.51. The molecule has 1 atom stereocenters. The van der Waals surface area contributed by atoms with Crippen molar-refractivity contribution in [2.75, 3.05) is 6.54 Å². The molecular weight excluding hydrogens is 181 g/mol. The van der Waals surface area contributed by atoms with Crippen LogP contribution in [0.3, 0.4) is 0 Å². The minimum absolute atomic E-state index is 0.281. The summed E-state index contributed by atoms with van der Waals surface area (Å²) in [6, 6.07) is -2.05. The molecule has 1 heterocycles. The fourth-order valence-corrected chi connectivity index (χ4v) is 1.13. The van der Waals surface area contributed by atoms with Crippen LogP contribution in [0.4, 0.5) is 22.0 Å². The van der Waals surface area contributed by atoms with Crippen LogP contribution in [0.25, 0.3) is 0 Å². The van der Waals surface area contributed by atoms with Crippen molar-refractivity contribution in [1.82, 2.24) is 5.32 Å². The van der Waals surface area contributed by atoms with Crippen LogP contribution in [-0.2, 0) is 0 Å². The van der Waals surface area contributed by atoms with Crippen molar-refractivity contribution < 1.29 is 22.0 Å². The first-order chi connectivity index (χ1) is 5.31. The van der Waals surface area contributed by atoms with Crippen LogP contribution in [0.15, 0.2) is 0 Å². The third-order valence-electron chi connectivity index (χ3n) is 1.78. The highest BCUT2D eigenvalue weighted by Crippen LogP contribution is 2.34. The van der Waals surface area contributed by atoms with E-state index < -0.39 is 31.0 Å². The topological polar surface area (TPSA) is 12.0 Å². The Labute approximate surface area is 65.9 Å². The molecule has 1 nitrogen and oxygen atoms in total. The largest absolute Gasteiger partial charge is 0.404 e. The molecule has 1 unspecified atom stereocenters. The summed E-state index contributed by atoms with van der Waals surface area (Å²) in [6.45, 7) is -0.281. The molecule has 0 radical (unpaired) electrons. The predicted octanol–water partition coefficient (Wildman–Crippen LogP) is 1.94. The molecule has 1 N–H and O–H groups in total. The number of nitrogens with one attached hydrogen (secondary N) is 1. The van der Waals surface area contributed by atoms with Gasteiger partial charge in [0, 0.05) is 19.4 Å². The van der Waals surface area contributed by atoms with E-state index in [-0.39, 0.29) is 6.54 Å². The van der Waals surface area contributed by atoms with Crippen LogP contribution in [0.1, 0.15) is 12.8 Å². The summed E-state index contributed by atoms with van der Waals surface area (Å²) in [5, 5.41) is 2.01. The van der Waals surface area contributed by atoms with Crippen LogP contribution in [0.5, 0.6) is 0 Å². The second-order valence-electron chi connectivity index (χ2n) is 2.86. The van der Waals surface area contributed by atoms with Gasteiger partial charge in [0.25, 0.3) is 5.92 Å². The van der Waals surface area contributed by atoms with E-state index in [0.29, 0.717) is 0 Å².